The molecule has 3 aromatic rings. The summed E-state index contributed by atoms with van der Waals surface area (Å²) in [5.41, 5.74) is 2.56. The van der Waals surface area contributed by atoms with E-state index in [1.165, 1.54) is 0 Å². The molecule has 40 heavy (non-hydrogen) atoms. The molecule has 2 aromatic carbocycles. The number of benzene rings is 2. The van der Waals surface area contributed by atoms with Crippen LogP contribution in [0.25, 0.3) is 11.0 Å². The van der Waals surface area contributed by atoms with Gasteiger partial charge in [0.25, 0.3) is 5.91 Å². The fourth-order valence-electron chi connectivity index (χ4n) is 6.16. The van der Waals surface area contributed by atoms with Crippen LogP contribution in [0.1, 0.15) is 59.7 Å². The van der Waals surface area contributed by atoms with Crippen molar-refractivity contribution < 1.29 is 18.7 Å². The second-order valence-corrected chi connectivity index (χ2v) is 10.9. The van der Waals surface area contributed by atoms with Gasteiger partial charge in [0.1, 0.15) is 11.5 Å². The zero-order chi connectivity index (χ0) is 28.1. The molecule has 5 rings (SSSR count). The molecule has 1 aliphatic heterocycles. The van der Waals surface area contributed by atoms with Crippen LogP contribution in [0.2, 0.25) is 0 Å². The molecule has 8 heteroatoms. The lowest BCUT2D eigenvalue weighted by atomic mass is 9.84. The number of para-hydroxylation sites is 3. The molecule has 1 N–H and O–H groups in total. The third-order valence-electron chi connectivity index (χ3n) is 8.54. The summed E-state index contributed by atoms with van der Waals surface area (Å²) in [7, 11) is 3.46. The van der Waals surface area contributed by atoms with E-state index in [1.807, 2.05) is 25.1 Å². The summed E-state index contributed by atoms with van der Waals surface area (Å²) in [6.45, 7) is 7.13. The molecule has 0 unspecified atom stereocenters. The molecule has 2 aliphatic rings. The van der Waals surface area contributed by atoms with Crippen molar-refractivity contribution in [3.05, 3.63) is 69.6 Å². The quantitative estimate of drug-likeness (QED) is 0.388. The van der Waals surface area contributed by atoms with Crippen LogP contribution >= 0.6 is 0 Å². The molecule has 2 heterocycles. The summed E-state index contributed by atoms with van der Waals surface area (Å²) < 4.78 is 17.4. The topological polar surface area (TPSA) is 84.2 Å². The van der Waals surface area contributed by atoms with E-state index in [9.17, 15) is 9.59 Å². The maximum Gasteiger partial charge on any atom is 0.255 e. The summed E-state index contributed by atoms with van der Waals surface area (Å²) in [5, 5.41) is 3.52. The lowest BCUT2D eigenvalue weighted by Crippen LogP contribution is -2.47. The molecule has 1 saturated heterocycles. The number of hydrogen-bond acceptors (Lipinski definition) is 7. The van der Waals surface area contributed by atoms with Gasteiger partial charge in [0.05, 0.1) is 29.9 Å². The molecular formula is C32H41N3O5. The average Bonchev–Trinajstić information content (AvgIpc) is 3.01. The molecule has 0 bridgehead atoms. The third kappa shape index (κ3) is 6.03. The van der Waals surface area contributed by atoms with Crippen molar-refractivity contribution in [2.45, 2.75) is 51.0 Å². The normalized spacial score (nSPS) is 20.0. The highest BCUT2D eigenvalue weighted by molar-refractivity contribution is 6.04. The Morgan fingerprint density at radius 2 is 1.75 bits per heavy atom. The van der Waals surface area contributed by atoms with Crippen LogP contribution in [-0.4, -0.2) is 70.4 Å². The van der Waals surface area contributed by atoms with Gasteiger partial charge in [0.15, 0.2) is 11.0 Å². The van der Waals surface area contributed by atoms with Gasteiger partial charge in [-0.05, 0) is 69.8 Å². The van der Waals surface area contributed by atoms with Crippen LogP contribution in [-0.2, 0) is 4.74 Å². The molecule has 1 amide bonds. The Kier molecular flexibility index (Phi) is 9.07. The largest absolute Gasteiger partial charge is 0.495 e. The predicted molar refractivity (Wildman–Crippen MR) is 158 cm³/mol. The molecule has 1 aromatic heterocycles. The van der Waals surface area contributed by atoms with Crippen molar-refractivity contribution in [3.8, 4) is 5.75 Å². The van der Waals surface area contributed by atoms with Gasteiger partial charge in [-0.2, -0.15) is 0 Å². The second kappa shape index (κ2) is 12.9. The number of fused-ring (bicyclic) bond motifs is 1. The highest BCUT2D eigenvalue weighted by atomic mass is 16.5. The Morgan fingerprint density at radius 1 is 1.00 bits per heavy atom. The minimum absolute atomic E-state index is 0.0490. The van der Waals surface area contributed by atoms with Gasteiger partial charge in [0.2, 0.25) is 0 Å². The smallest absolute Gasteiger partial charge is 0.255 e. The summed E-state index contributed by atoms with van der Waals surface area (Å²) in [5.74, 6) is 1.60. The maximum atomic E-state index is 13.2. The Morgan fingerprint density at radius 3 is 2.48 bits per heavy atom. The van der Waals surface area contributed by atoms with E-state index in [0.29, 0.717) is 28.6 Å². The highest BCUT2D eigenvalue weighted by Gasteiger charge is 2.27. The van der Waals surface area contributed by atoms with Crippen LogP contribution in [0, 0.1) is 6.92 Å². The van der Waals surface area contributed by atoms with Gasteiger partial charge in [-0.25, -0.2) is 0 Å². The van der Waals surface area contributed by atoms with Crippen LogP contribution in [0.5, 0.6) is 5.75 Å². The fourth-order valence-corrected chi connectivity index (χ4v) is 6.16. The molecule has 0 spiro atoms. The summed E-state index contributed by atoms with van der Waals surface area (Å²) in [6, 6.07) is 13.4. The zero-order valence-electron chi connectivity index (χ0n) is 23.9. The van der Waals surface area contributed by atoms with Gasteiger partial charge in [-0.1, -0.05) is 18.2 Å². The molecule has 0 radical (unpaired) electrons. The minimum atomic E-state index is -0.201. The number of carbonyl (C=O) groups excluding carboxylic acids is 1. The lowest BCUT2D eigenvalue weighted by Gasteiger charge is -2.36. The first-order valence-electron chi connectivity index (χ1n) is 14.5. The Balaban J connectivity index is 1.17. The van der Waals surface area contributed by atoms with Crippen molar-refractivity contribution in [1.29, 1.82) is 0 Å². The lowest BCUT2D eigenvalue weighted by molar-refractivity contribution is 0.0638. The number of piperazine rings is 1. The van der Waals surface area contributed by atoms with Crippen molar-refractivity contribution in [3.63, 3.8) is 0 Å². The van der Waals surface area contributed by atoms with E-state index in [1.54, 1.807) is 32.4 Å². The van der Waals surface area contributed by atoms with Gasteiger partial charge in [-0.3, -0.25) is 14.5 Å². The minimum Gasteiger partial charge on any atom is -0.495 e. The number of amides is 1. The Hall–Kier alpha value is -3.36. The van der Waals surface area contributed by atoms with E-state index in [0.717, 1.165) is 82.0 Å². The molecular weight excluding hydrogens is 506 g/mol. The summed E-state index contributed by atoms with van der Waals surface area (Å²) in [4.78, 5) is 31.3. The molecule has 1 saturated carbocycles. The number of ether oxygens (including phenoxy) is 2. The molecule has 0 atom stereocenters. The SMILES string of the molecule is COc1ccccc1N1CCN(CCCNC(=O)c2cccc3c(=O)c(C)c([C@H]4CC[C@@H](OC)CC4)oc23)CC1. The van der Waals surface area contributed by atoms with E-state index >= 15 is 0 Å². The monoisotopic (exact) mass is 547 g/mol. The van der Waals surface area contributed by atoms with Gasteiger partial charge < -0.3 is 24.1 Å². The van der Waals surface area contributed by atoms with E-state index < -0.39 is 0 Å². The van der Waals surface area contributed by atoms with Crippen molar-refractivity contribution in [2.75, 3.05) is 58.4 Å². The number of nitrogens with zero attached hydrogens (tertiary/aromatic N) is 2. The zero-order valence-corrected chi connectivity index (χ0v) is 23.9. The first-order valence-corrected chi connectivity index (χ1v) is 14.5. The Bertz CT molecular complexity index is 1370. The molecule has 1 aliphatic carbocycles. The van der Waals surface area contributed by atoms with Crippen LogP contribution < -0.4 is 20.4 Å². The number of hydrogen-bond donors (Lipinski definition) is 1. The Labute approximate surface area is 236 Å². The first kappa shape index (κ1) is 28.2. The van der Waals surface area contributed by atoms with E-state index in [-0.39, 0.29) is 23.4 Å². The van der Waals surface area contributed by atoms with Crippen LogP contribution in [0.4, 0.5) is 5.69 Å². The third-order valence-corrected chi connectivity index (χ3v) is 8.54. The van der Waals surface area contributed by atoms with Gasteiger partial charge >= 0.3 is 0 Å². The standard InChI is InChI=1S/C32H41N3O5/c1-22-29(36)25-8-6-9-26(31(25)40-30(22)23-12-14-24(38-2)15-13-23)32(37)33-16-7-17-34-18-20-35(21-19-34)27-10-4-5-11-28(27)39-3/h4-6,8-11,23-24H,7,12-21H2,1-3H3,(H,33,37)/t23-,24+. The van der Waals surface area contributed by atoms with Crippen LogP contribution in [0.15, 0.2) is 51.7 Å². The summed E-state index contributed by atoms with van der Waals surface area (Å²) >= 11 is 0. The van der Waals surface area contributed by atoms with Crippen molar-refractivity contribution in [1.82, 2.24) is 10.2 Å². The molecule has 2 fully saturated rings. The highest BCUT2D eigenvalue weighted by Crippen LogP contribution is 2.36. The summed E-state index contributed by atoms with van der Waals surface area (Å²) in [6.07, 6.45) is 4.83. The van der Waals surface area contributed by atoms with Crippen LogP contribution in [0.3, 0.4) is 0 Å². The average molecular weight is 548 g/mol. The number of carbonyl (C=O) groups is 1. The number of rotatable bonds is 9. The molecule has 214 valence electrons. The van der Waals surface area contributed by atoms with E-state index in [2.05, 4.69) is 21.2 Å². The van der Waals surface area contributed by atoms with Gasteiger partial charge in [0, 0.05) is 51.3 Å². The van der Waals surface area contributed by atoms with E-state index in [4.69, 9.17) is 13.9 Å². The van der Waals surface area contributed by atoms with Crippen molar-refractivity contribution >= 4 is 22.6 Å². The predicted octanol–water partition coefficient (Wildman–Crippen LogP) is 4.72. The molecule has 8 nitrogen and oxygen atoms in total. The fraction of sp³-hybridized carbons (Fsp3) is 0.500. The number of anilines is 1. The maximum absolute atomic E-state index is 13.2. The van der Waals surface area contributed by atoms with Gasteiger partial charge in [-0.15, -0.1) is 0 Å². The first-order chi connectivity index (χ1) is 19.5. The number of methoxy groups -OCH3 is 2. The van der Waals surface area contributed by atoms with Crippen molar-refractivity contribution in [2.24, 2.45) is 0 Å². The number of nitrogens with one attached hydrogen (secondary N) is 1. The second-order valence-electron chi connectivity index (χ2n) is 10.9.